The third-order valence-electron chi connectivity index (χ3n) is 7.14. The average molecular weight is 535 g/mol. The van der Waals surface area contributed by atoms with E-state index in [0.717, 1.165) is 0 Å². The number of anilines is 1. The summed E-state index contributed by atoms with van der Waals surface area (Å²) in [7, 11) is 1.43. The largest absolute Gasteiger partial charge is 0.479 e. The van der Waals surface area contributed by atoms with Crippen LogP contribution in [0.4, 0.5) is 23.5 Å². The molecule has 0 spiro atoms. The molecule has 38 heavy (non-hydrogen) atoms. The van der Waals surface area contributed by atoms with Crippen LogP contribution in [0.25, 0.3) is 27.7 Å². The van der Waals surface area contributed by atoms with E-state index in [1.165, 1.54) is 22.3 Å². The Hall–Kier alpha value is -3.45. The fourth-order valence-electron chi connectivity index (χ4n) is 5.15. The van der Waals surface area contributed by atoms with Gasteiger partial charge < -0.3 is 19.4 Å². The van der Waals surface area contributed by atoms with Crippen LogP contribution in [0.5, 0.6) is 5.88 Å². The van der Waals surface area contributed by atoms with Crippen molar-refractivity contribution in [2.75, 3.05) is 38.7 Å². The Bertz CT molecular complexity index is 1540. The highest BCUT2D eigenvalue weighted by Gasteiger charge is 2.35. The number of aryl methyl sites for hydroxylation is 1. The Balaban J connectivity index is 1.31. The van der Waals surface area contributed by atoms with E-state index in [9.17, 15) is 8.78 Å². The normalized spacial score (nSPS) is 22.1. The Kier molecular flexibility index (Phi) is 6.03. The van der Waals surface area contributed by atoms with E-state index in [-0.39, 0.29) is 48.4 Å². The lowest BCUT2D eigenvalue weighted by Crippen LogP contribution is -2.57. The molecule has 9 nitrogen and oxygen atoms in total. The van der Waals surface area contributed by atoms with Gasteiger partial charge in [0.15, 0.2) is 5.82 Å². The number of halogens is 4. The van der Waals surface area contributed by atoms with Crippen molar-refractivity contribution >= 4 is 22.5 Å². The smallest absolute Gasteiger partial charge is 0.256 e. The number of rotatable bonds is 7. The summed E-state index contributed by atoms with van der Waals surface area (Å²) in [5.41, 5.74) is 1.65. The van der Waals surface area contributed by atoms with Gasteiger partial charge in [0, 0.05) is 24.8 Å². The number of imidazole rings is 1. The summed E-state index contributed by atoms with van der Waals surface area (Å²) in [6.45, 7) is 2.14. The molecule has 0 amide bonds. The predicted octanol–water partition coefficient (Wildman–Crippen LogP) is 3.69. The van der Waals surface area contributed by atoms with Gasteiger partial charge in [0.1, 0.15) is 23.0 Å². The summed E-state index contributed by atoms with van der Waals surface area (Å²) < 4.78 is 78.3. The van der Waals surface area contributed by atoms with Crippen molar-refractivity contribution in [2.45, 2.75) is 44.5 Å². The Morgan fingerprint density at radius 3 is 2.79 bits per heavy atom. The van der Waals surface area contributed by atoms with Gasteiger partial charge >= 0.3 is 0 Å². The highest BCUT2D eigenvalue weighted by molar-refractivity contribution is 5.90. The number of nitrogens with zero attached hydrogens (tertiary/aromatic N) is 6. The van der Waals surface area contributed by atoms with E-state index < -0.39 is 37.0 Å². The molecule has 5 heterocycles. The molecular formula is C25H27F4N7O2. The molecule has 6 rings (SSSR count). The highest BCUT2D eigenvalue weighted by atomic mass is 19.3. The number of nitrogens with one attached hydrogen (secondary N) is 1. The number of alkyl halides is 3. The number of piperidine rings is 1. The van der Waals surface area contributed by atoms with Crippen LogP contribution in [0.2, 0.25) is 0 Å². The molecule has 2 atom stereocenters. The van der Waals surface area contributed by atoms with E-state index >= 15 is 8.78 Å². The van der Waals surface area contributed by atoms with Crippen molar-refractivity contribution in [3.63, 3.8) is 0 Å². The van der Waals surface area contributed by atoms with Crippen molar-refractivity contribution in [1.29, 1.82) is 0 Å². The van der Waals surface area contributed by atoms with E-state index in [4.69, 9.17) is 10.8 Å². The van der Waals surface area contributed by atoms with Crippen molar-refractivity contribution in [2.24, 2.45) is 0 Å². The summed E-state index contributed by atoms with van der Waals surface area (Å²) in [5, 5.41) is 7.52. The van der Waals surface area contributed by atoms with E-state index in [1.807, 2.05) is 0 Å². The molecule has 1 N–H and O–H groups in total. The molecule has 2 aliphatic heterocycles. The molecule has 0 saturated carbocycles. The van der Waals surface area contributed by atoms with Crippen LogP contribution in [0.15, 0.2) is 24.4 Å². The van der Waals surface area contributed by atoms with Crippen molar-refractivity contribution in [1.82, 2.24) is 29.0 Å². The maximum Gasteiger partial charge on any atom is 0.256 e. The minimum absolute atomic E-state index is 0.0168. The van der Waals surface area contributed by atoms with Crippen LogP contribution in [0, 0.1) is 12.7 Å². The second kappa shape index (κ2) is 9.70. The fourth-order valence-corrected chi connectivity index (χ4v) is 5.15. The van der Waals surface area contributed by atoms with Gasteiger partial charge in [-0.25, -0.2) is 27.1 Å². The molecule has 2 saturated heterocycles. The molecule has 0 unspecified atom stereocenters. The van der Waals surface area contributed by atoms with Crippen molar-refractivity contribution < 1.29 is 28.4 Å². The Labute approximate surface area is 216 Å². The lowest BCUT2D eigenvalue weighted by molar-refractivity contribution is -0.0794. The lowest BCUT2D eigenvalue weighted by atomic mass is 10.0. The zero-order valence-electron chi connectivity index (χ0n) is 21.8. The molecule has 1 aromatic carbocycles. The van der Waals surface area contributed by atoms with Gasteiger partial charge in [-0.3, -0.25) is 4.90 Å². The molecular weight excluding hydrogens is 506 g/mol. The van der Waals surface area contributed by atoms with Gasteiger partial charge in [-0.15, -0.1) is 5.10 Å². The first-order chi connectivity index (χ1) is 18.7. The van der Waals surface area contributed by atoms with Gasteiger partial charge in [-0.1, -0.05) is 0 Å². The van der Waals surface area contributed by atoms with E-state index in [2.05, 4.69) is 20.4 Å². The topological polar surface area (TPSA) is 81.7 Å². The molecule has 202 valence electrons. The predicted molar refractivity (Wildman–Crippen MR) is 132 cm³/mol. The minimum Gasteiger partial charge on any atom is -0.479 e. The minimum atomic E-state index is -2.63. The van der Waals surface area contributed by atoms with Crippen LogP contribution in [-0.4, -0.2) is 87.1 Å². The van der Waals surface area contributed by atoms with Gasteiger partial charge in [0.25, 0.3) is 6.43 Å². The molecule has 13 heteroatoms. The molecule has 2 fully saturated rings. The molecule has 0 aliphatic carbocycles. The monoisotopic (exact) mass is 534 g/mol. The average Bonchev–Trinajstić information content (AvgIpc) is 3.44. The second-order valence-corrected chi connectivity index (χ2v) is 9.51. The summed E-state index contributed by atoms with van der Waals surface area (Å²) in [6, 6.07) is 3.17. The number of aromatic nitrogens is 5. The molecule has 3 aromatic heterocycles. The van der Waals surface area contributed by atoms with Crippen LogP contribution in [0.1, 0.15) is 13.6 Å². The fraction of sp³-hybridized carbons (Fsp3) is 0.480. The number of ether oxygens (including phenoxy) is 2. The van der Waals surface area contributed by atoms with Gasteiger partial charge in [0.05, 0.1) is 45.8 Å². The van der Waals surface area contributed by atoms with Gasteiger partial charge in [-0.05, 0) is 37.1 Å². The first-order valence-corrected chi connectivity index (χ1v) is 12.3. The van der Waals surface area contributed by atoms with Crippen molar-refractivity contribution in [3.05, 3.63) is 36.0 Å². The van der Waals surface area contributed by atoms with Crippen LogP contribution >= 0.6 is 0 Å². The number of fused-ring (bicyclic) bond motifs is 2. The molecule has 2 aliphatic rings. The highest BCUT2D eigenvalue weighted by Crippen LogP contribution is 2.35. The Morgan fingerprint density at radius 1 is 1.29 bits per heavy atom. The summed E-state index contributed by atoms with van der Waals surface area (Å²) in [4.78, 5) is 10.4. The number of methoxy groups -OCH3 is 1. The zero-order chi connectivity index (χ0) is 27.5. The van der Waals surface area contributed by atoms with Crippen molar-refractivity contribution in [3.8, 4) is 17.0 Å². The standard InChI is InChI=1S/C25H27F4N7O2/c1-13-30-22-17(26)7-14(8-20(22)35(13)10-21(28)29)16-3-6-36-23(16)24(37-2)32-25(33-36)31-19-4-5-34(9-18(19)27)15-11-38-12-15/h3,6-8,15,18-19,21H,4-5,9-12H2,1-2H3,(H,31,33)/t18-,19-/m0/s1/i15D. The second-order valence-electron chi connectivity index (χ2n) is 9.51. The number of hydrogen-bond acceptors (Lipinski definition) is 7. The first-order valence-electron chi connectivity index (χ1n) is 12.8. The quantitative estimate of drug-likeness (QED) is 0.362. The Morgan fingerprint density at radius 2 is 2.11 bits per heavy atom. The number of benzene rings is 1. The van der Waals surface area contributed by atoms with E-state index in [0.29, 0.717) is 29.6 Å². The third-order valence-corrected chi connectivity index (χ3v) is 7.14. The van der Waals surface area contributed by atoms with Gasteiger partial charge in [0.2, 0.25) is 11.8 Å². The zero-order valence-corrected chi connectivity index (χ0v) is 20.8. The van der Waals surface area contributed by atoms with Crippen LogP contribution in [-0.2, 0) is 11.3 Å². The maximum atomic E-state index is 15.1. The number of likely N-dealkylation sites (tertiary alicyclic amines) is 1. The summed E-state index contributed by atoms with van der Waals surface area (Å²) >= 11 is 0. The van der Waals surface area contributed by atoms with Gasteiger partial charge in [-0.2, -0.15) is 4.98 Å². The molecule has 0 radical (unpaired) electrons. The lowest BCUT2D eigenvalue weighted by Gasteiger charge is -2.42. The van der Waals surface area contributed by atoms with Crippen LogP contribution < -0.4 is 10.1 Å². The number of hydrogen-bond donors (Lipinski definition) is 1. The molecule has 4 aromatic rings. The molecule has 0 bridgehead atoms. The van der Waals surface area contributed by atoms with E-state index in [1.54, 1.807) is 30.2 Å². The summed E-state index contributed by atoms with van der Waals surface area (Å²) in [6.07, 6.45) is -1.78. The summed E-state index contributed by atoms with van der Waals surface area (Å²) in [5.74, 6) is -0.0210. The van der Waals surface area contributed by atoms with Crippen LogP contribution in [0.3, 0.4) is 0 Å². The first kappa shape index (κ1) is 23.7. The third kappa shape index (κ3) is 4.33. The SMILES string of the molecule is [2H]C1(N2CC[C@H](Nc3nc(OC)c4c(-c5cc(F)c6nc(C)n(CC(F)F)c6c5)ccn4n3)[C@@H](F)C2)COC1. The maximum absolute atomic E-state index is 15.1.